The molecule has 0 aromatic heterocycles. The lowest BCUT2D eigenvalue weighted by atomic mass is 9.87. The van der Waals surface area contributed by atoms with Gasteiger partial charge < -0.3 is 20.1 Å². The van der Waals surface area contributed by atoms with E-state index in [1.54, 1.807) is 0 Å². The molecule has 0 fully saturated rings. The van der Waals surface area contributed by atoms with Crippen LogP contribution in [0.3, 0.4) is 0 Å². The molecular formula is C48H52N4O6. The van der Waals surface area contributed by atoms with E-state index < -0.39 is 29.9 Å². The highest BCUT2D eigenvalue weighted by molar-refractivity contribution is 5.93. The number of nitrogens with one attached hydrogen (secondary N) is 2. The summed E-state index contributed by atoms with van der Waals surface area (Å²) in [5.41, 5.74) is 8.26. The summed E-state index contributed by atoms with van der Waals surface area (Å²) in [6, 6.07) is 29.9. The van der Waals surface area contributed by atoms with Crippen molar-refractivity contribution in [2.24, 2.45) is 0 Å². The molecule has 0 spiro atoms. The van der Waals surface area contributed by atoms with Gasteiger partial charge in [-0.2, -0.15) is 0 Å². The van der Waals surface area contributed by atoms with Crippen molar-refractivity contribution in [2.45, 2.75) is 109 Å². The van der Waals surface area contributed by atoms with E-state index in [1.807, 2.05) is 99.6 Å². The number of hydrogen-bond donors (Lipinski definition) is 2. The molecule has 300 valence electrons. The number of nitrogens with zero attached hydrogens (tertiary/aromatic N) is 2. The summed E-state index contributed by atoms with van der Waals surface area (Å²) in [6.45, 7) is 5.86. The Balaban J connectivity index is 1.05. The molecule has 4 aromatic carbocycles. The van der Waals surface area contributed by atoms with Gasteiger partial charge in [0.25, 0.3) is 0 Å². The molecule has 10 nitrogen and oxygen atoms in total. The van der Waals surface area contributed by atoms with E-state index >= 15 is 0 Å². The molecule has 8 rings (SSSR count). The second kappa shape index (κ2) is 16.5. The van der Waals surface area contributed by atoms with Crippen molar-refractivity contribution in [3.8, 4) is 0 Å². The number of fused-ring (bicyclic) bond motifs is 3. The highest BCUT2D eigenvalue weighted by Gasteiger charge is 2.40. The number of benzene rings is 4. The fourth-order valence-corrected chi connectivity index (χ4v) is 8.86. The first-order chi connectivity index (χ1) is 28.0. The Morgan fingerprint density at radius 2 is 1.29 bits per heavy atom. The summed E-state index contributed by atoms with van der Waals surface area (Å²) in [5, 5.41) is 6.54. The van der Waals surface area contributed by atoms with E-state index in [-0.39, 0.29) is 43.6 Å². The Bertz CT molecular complexity index is 2230. The minimum atomic E-state index is -0.889. The number of carbonyl (C=O) groups is 4. The van der Waals surface area contributed by atoms with E-state index in [1.165, 1.54) is 20.9 Å². The molecule has 0 unspecified atom stereocenters. The standard InChI is InChI=1S/C48H52N4O6/c1-48(2,3)58-47(56)52-28-36-25-34(23-24-35(36)26-42(52)44(53)49-40-21-11-17-32-15-7-9-19-38(32)40)37-27-43(51(29-37)46(55)57-30-31-13-5-4-6-14-31)45(54)50-41-22-12-18-33-16-8-10-20-39(33)41/h4-10,13-16,19-20,23-25,27,40-43H,11-12,17-18,21-22,26,28-30H2,1-3H3,(H,49,53)(H,50,54)/t40-,41-,42+,43+/m1/s1. The van der Waals surface area contributed by atoms with Crippen LogP contribution in [0.25, 0.3) is 5.57 Å². The van der Waals surface area contributed by atoms with Gasteiger partial charge in [-0.1, -0.05) is 91.0 Å². The number of rotatable bonds is 7. The summed E-state index contributed by atoms with van der Waals surface area (Å²) in [6.07, 6.45) is 6.57. The van der Waals surface area contributed by atoms with Crippen LogP contribution in [0.4, 0.5) is 9.59 Å². The van der Waals surface area contributed by atoms with Crippen LogP contribution in [-0.4, -0.2) is 58.0 Å². The molecule has 0 bridgehead atoms. The summed E-state index contributed by atoms with van der Waals surface area (Å²) in [5.74, 6) is -0.475. The molecular weight excluding hydrogens is 729 g/mol. The van der Waals surface area contributed by atoms with Crippen LogP contribution in [0.15, 0.2) is 103 Å². The Hall–Kier alpha value is -5.90. The third-order valence-corrected chi connectivity index (χ3v) is 11.8. The average Bonchev–Trinajstić information content (AvgIpc) is 3.68. The number of hydrogen-bond acceptors (Lipinski definition) is 6. The van der Waals surface area contributed by atoms with Gasteiger partial charge in [-0.15, -0.1) is 0 Å². The summed E-state index contributed by atoms with van der Waals surface area (Å²) in [7, 11) is 0. The molecule has 4 atom stereocenters. The lowest BCUT2D eigenvalue weighted by Gasteiger charge is -2.38. The van der Waals surface area contributed by atoms with E-state index in [2.05, 4.69) is 34.9 Å². The molecule has 4 aromatic rings. The van der Waals surface area contributed by atoms with Gasteiger partial charge in [-0.25, -0.2) is 9.59 Å². The molecule has 2 aliphatic heterocycles. The zero-order chi connectivity index (χ0) is 40.4. The first kappa shape index (κ1) is 38.9. The predicted molar refractivity (Wildman–Crippen MR) is 221 cm³/mol. The first-order valence-electron chi connectivity index (χ1n) is 20.6. The van der Waals surface area contributed by atoms with Gasteiger partial charge in [-0.3, -0.25) is 19.4 Å². The SMILES string of the molecule is CC(C)(C)OC(=O)N1Cc2cc(C3=C[C@@H](C(=O)N[C@@H]4CCCc5ccccc54)N(C(=O)OCc4ccccc4)C3)ccc2C[C@H]1C(=O)N[C@@H]1CCCc2ccccc21. The van der Waals surface area contributed by atoms with Crippen LogP contribution in [0, 0.1) is 0 Å². The van der Waals surface area contributed by atoms with Crippen LogP contribution >= 0.6 is 0 Å². The zero-order valence-electron chi connectivity index (χ0n) is 33.5. The van der Waals surface area contributed by atoms with Crippen molar-refractivity contribution in [1.29, 1.82) is 0 Å². The maximum absolute atomic E-state index is 14.2. The van der Waals surface area contributed by atoms with Crippen LogP contribution in [0.2, 0.25) is 0 Å². The van der Waals surface area contributed by atoms with Crippen molar-refractivity contribution in [3.63, 3.8) is 0 Å². The molecule has 4 aliphatic rings. The lowest BCUT2D eigenvalue weighted by Crippen LogP contribution is -2.54. The number of ether oxygens (including phenoxy) is 2. The van der Waals surface area contributed by atoms with Crippen molar-refractivity contribution < 1.29 is 28.7 Å². The average molecular weight is 781 g/mol. The highest BCUT2D eigenvalue weighted by Crippen LogP contribution is 2.35. The highest BCUT2D eigenvalue weighted by atomic mass is 16.6. The van der Waals surface area contributed by atoms with Crippen LogP contribution in [0.5, 0.6) is 0 Å². The van der Waals surface area contributed by atoms with E-state index in [4.69, 9.17) is 9.47 Å². The third kappa shape index (κ3) is 8.51. The molecule has 4 amide bonds. The quantitative estimate of drug-likeness (QED) is 0.196. The van der Waals surface area contributed by atoms with Gasteiger partial charge in [-0.05, 0) is 122 Å². The third-order valence-electron chi connectivity index (χ3n) is 11.8. The second-order valence-corrected chi connectivity index (χ2v) is 16.9. The molecule has 2 heterocycles. The van der Waals surface area contributed by atoms with Crippen LogP contribution in [0.1, 0.15) is 103 Å². The monoisotopic (exact) mass is 780 g/mol. The van der Waals surface area contributed by atoms with Gasteiger partial charge >= 0.3 is 12.2 Å². The Kier molecular flexibility index (Phi) is 11.1. The van der Waals surface area contributed by atoms with E-state index in [0.717, 1.165) is 77.5 Å². The smallest absolute Gasteiger partial charge is 0.411 e. The largest absolute Gasteiger partial charge is 0.445 e. The Morgan fingerprint density at radius 3 is 1.95 bits per heavy atom. The number of aryl methyl sites for hydroxylation is 2. The molecule has 2 aliphatic carbocycles. The predicted octanol–water partition coefficient (Wildman–Crippen LogP) is 8.14. The van der Waals surface area contributed by atoms with Gasteiger partial charge in [0.2, 0.25) is 11.8 Å². The minimum absolute atomic E-state index is 0.0805. The molecule has 0 saturated heterocycles. The van der Waals surface area contributed by atoms with Crippen LogP contribution < -0.4 is 10.6 Å². The second-order valence-electron chi connectivity index (χ2n) is 16.9. The topological polar surface area (TPSA) is 117 Å². The normalized spacial score (nSPS) is 21.1. The lowest BCUT2D eigenvalue weighted by molar-refractivity contribution is -0.128. The number of carbonyl (C=O) groups excluding carboxylic acids is 4. The van der Waals surface area contributed by atoms with Crippen molar-refractivity contribution in [1.82, 2.24) is 20.4 Å². The van der Waals surface area contributed by atoms with Crippen molar-refractivity contribution in [2.75, 3.05) is 6.54 Å². The first-order valence-corrected chi connectivity index (χ1v) is 20.6. The molecule has 10 heteroatoms. The molecule has 2 N–H and O–H groups in total. The molecule has 0 saturated carbocycles. The van der Waals surface area contributed by atoms with E-state index in [9.17, 15) is 19.2 Å². The number of amides is 4. The van der Waals surface area contributed by atoms with E-state index in [0.29, 0.717) is 6.42 Å². The molecule has 0 radical (unpaired) electrons. The van der Waals surface area contributed by atoms with Crippen molar-refractivity contribution in [3.05, 3.63) is 148 Å². The van der Waals surface area contributed by atoms with Gasteiger partial charge in [0.15, 0.2) is 0 Å². The summed E-state index contributed by atoms with van der Waals surface area (Å²) in [4.78, 5) is 58.9. The summed E-state index contributed by atoms with van der Waals surface area (Å²) < 4.78 is 11.6. The summed E-state index contributed by atoms with van der Waals surface area (Å²) >= 11 is 0. The fraction of sp³-hybridized carbons (Fsp3) is 0.375. The van der Waals surface area contributed by atoms with Crippen molar-refractivity contribution >= 4 is 29.6 Å². The Labute approximate surface area is 340 Å². The Morgan fingerprint density at radius 1 is 0.672 bits per heavy atom. The van der Waals surface area contributed by atoms with Gasteiger partial charge in [0.1, 0.15) is 24.3 Å². The van der Waals surface area contributed by atoms with Crippen LogP contribution in [-0.2, 0) is 51.5 Å². The molecule has 58 heavy (non-hydrogen) atoms. The maximum atomic E-state index is 14.2. The van der Waals surface area contributed by atoms with Gasteiger partial charge in [0.05, 0.1) is 25.2 Å². The maximum Gasteiger partial charge on any atom is 0.411 e. The van der Waals surface area contributed by atoms with Gasteiger partial charge in [0, 0.05) is 6.42 Å². The minimum Gasteiger partial charge on any atom is -0.445 e. The zero-order valence-corrected chi connectivity index (χ0v) is 33.5. The fourth-order valence-electron chi connectivity index (χ4n) is 8.86.